The van der Waals surface area contributed by atoms with Gasteiger partial charge in [-0.15, -0.1) is 0 Å². The molecular formula is C5H9NO2. The molecule has 1 aliphatic rings. The molecule has 0 atom stereocenters. The normalized spacial score (nSPS) is 19.6. The second-order valence-electron chi connectivity index (χ2n) is 2.10. The van der Waals surface area contributed by atoms with E-state index in [-0.39, 0.29) is 11.8 Å². The first-order chi connectivity index (χ1) is 3.84. The van der Waals surface area contributed by atoms with E-state index in [9.17, 15) is 4.79 Å². The number of rotatable bonds is 1. The van der Waals surface area contributed by atoms with Gasteiger partial charge in [0.1, 0.15) is 0 Å². The minimum atomic E-state index is -0.226. The third-order valence-electron chi connectivity index (χ3n) is 1.59. The van der Waals surface area contributed by atoms with E-state index in [0.717, 1.165) is 19.3 Å². The summed E-state index contributed by atoms with van der Waals surface area (Å²) in [5.41, 5.74) is 1.63. The van der Waals surface area contributed by atoms with Gasteiger partial charge in [-0.3, -0.25) is 10.0 Å². The number of carbonyl (C=O) groups excluding carboxylic acids is 1. The zero-order chi connectivity index (χ0) is 5.98. The van der Waals surface area contributed by atoms with Crippen LogP contribution in [-0.4, -0.2) is 11.1 Å². The first-order valence-electron chi connectivity index (χ1n) is 2.78. The zero-order valence-electron chi connectivity index (χ0n) is 4.55. The maximum Gasteiger partial charge on any atom is 0.246 e. The highest BCUT2D eigenvalue weighted by Gasteiger charge is 2.24. The average Bonchev–Trinajstić information content (AvgIpc) is 1.62. The molecule has 1 amide bonds. The highest BCUT2D eigenvalue weighted by Crippen LogP contribution is 2.25. The van der Waals surface area contributed by atoms with Crippen LogP contribution in [-0.2, 0) is 4.79 Å². The standard InChI is InChI=1S/C5H9NO2/c7-5(6-8)4-2-1-3-4/h4,8H,1-3H2,(H,6,7). The lowest BCUT2D eigenvalue weighted by molar-refractivity contribution is -0.135. The fraction of sp³-hybridized carbons (Fsp3) is 0.800. The molecule has 0 radical (unpaired) electrons. The van der Waals surface area contributed by atoms with Gasteiger partial charge in [-0.05, 0) is 12.8 Å². The fourth-order valence-electron chi connectivity index (χ4n) is 0.762. The first-order valence-corrected chi connectivity index (χ1v) is 2.78. The van der Waals surface area contributed by atoms with Crippen LogP contribution in [0.3, 0.4) is 0 Å². The Bertz CT molecular complexity index is 98.6. The maximum absolute atomic E-state index is 10.4. The molecule has 46 valence electrons. The molecule has 1 rings (SSSR count). The summed E-state index contributed by atoms with van der Waals surface area (Å²) >= 11 is 0. The predicted molar refractivity (Wildman–Crippen MR) is 27.3 cm³/mol. The van der Waals surface area contributed by atoms with Crippen LogP contribution in [0.15, 0.2) is 0 Å². The van der Waals surface area contributed by atoms with Gasteiger partial charge in [0.05, 0.1) is 0 Å². The second-order valence-corrected chi connectivity index (χ2v) is 2.10. The van der Waals surface area contributed by atoms with Gasteiger partial charge >= 0.3 is 0 Å². The molecule has 0 aliphatic heterocycles. The molecule has 3 nitrogen and oxygen atoms in total. The molecule has 8 heavy (non-hydrogen) atoms. The number of hydroxylamine groups is 1. The molecule has 3 heteroatoms. The number of nitrogens with one attached hydrogen (secondary N) is 1. The highest BCUT2D eigenvalue weighted by molar-refractivity contribution is 5.78. The van der Waals surface area contributed by atoms with Crippen LogP contribution in [0, 0.1) is 5.92 Å². The van der Waals surface area contributed by atoms with Gasteiger partial charge in [-0.25, -0.2) is 5.48 Å². The quantitative estimate of drug-likeness (QED) is 0.381. The van der Waals surface area contributed by atoms with E-state index in [0.29, 0.717) is 0 Å². The zero-order valence-corrected chi connectivity index (χ0v) is 4.55. The Morgan fingerprint density at radius 1 is 1.62 bits per heavy atom. The monoisotopic (exact) mass is 115 g/mol. The van der Waals surface area contributed by atoms with Crippen LogP contribution < -0.4 is 5.48 Å². The summed E-state index contributed by atoms with van der Waals surface area (Å²) in [5.74, 6) is -0.128. The fourth-order valence-corrected chi connectivity index (χ4v) is 0.762. The van der Waals surface area contributed by atoms with Crippen molar-refractivity contribution in [3.05, 3.63) is 0 Å². The molecule has 0 bridgehead atoms. The molecule has 1 fully saturated rings. The van der Waals surface area contributed by atoms with E-state index in [4.69, 9.17) is 5.21 Å². The van der Waals surface area contributed by atoms with Crippen molar-refractivity contribution in [3.8, 4) is 0 Å². The van der Waals surface area contributed by atoms with E-state index in [1.807, 2.05) is 0 Å². The Balaban J connectivity index is 2.24. The summed E-state index contributed by atoms with van der Waals surface area (Å²) < 4.78 is 0. The molecule has 0 aromatic heterocycles. The molecule has 0 aromatic rings. The SMILES string of the molecule is O=C(NO)C1CCC1. The molecule has 1 aliphatic carbocycles. The highest BCUT2D eigenvalue weighted by atomic mass is 16.5. The van der Waals surface area contributed by atoms with E-state index in [2.05, 4.69) is 0 Å². The van der Waals surface area contributed by atoms with Crippen molar-refractivity contribution >= 4 is 5.91 Å². The molecule has 0 spiro atoms. The van der Waals surface area contributed by atoms with Gasteiger partial charge in [0.25, 0.3) is 0 Å². The maximum atomic E-state index is 10.4. The Morgan fingerprint density at radius 2 is 2.25 bits per heavy atom. The molecule has 0 aromatic carbocycles. The van der Waals surface area contributed by atoms with Crippen LogP contribution in [0.5, 0.6) is 0 Å². The smallest absolute Gasteiger partial charge is 0.246 e. The van der Waals surface area contributed by atoms with Crippen molar-refractivity contribution in [1.29, 1.82) is 0 Å². The number of amides is 1. The molecule has 0 heterocycles. The summed E-state index contributed by atoms with van der Waals surface area (Å²) in [7, 11) is 0. The van der Waals surface area contributed by atoms with Crippen molar-refractivity contribution in [2.75, 3.05) is 0 Å². The minimum absolute atomic E-state index is 0.0972. The molecular weight excluding hydrogens is 106 g/mol. The average molecular weight is 115 g/mol. The minimum Gasteiger partial charge on any atom is -0.289 e. The molecule has 1 saturated carbocycles. The van der Waals surface area contributed by atoms with E-state index in [1.54, 1.807) is 5.48 Å². The molecule has 2 N–H and O–H groups in total. The van der Waals surface area contributed by atoms with Crippen molar-refractivity contribution in [2.24, 2.45) is 5.92 Å². The third-order valence-corrected chi connectivity index (χ3v) is 1.59. The molecule has 0 unspecified atom stereocenters. The van der Waals surface area contributed by atoms with Gasteiger partial charge < -0.3 is 0 Å². The second kappa shape index (κ2) is 2.13. The van der Waals surface area contributed by atoms with Crippen molar-refractivity contribution in [1.82, 2.24) is 5.48 Å². The van der Waals surface area contributed by atoms with Gasteiger partial charge in [-0.1, -0.05) is 6.42 Å². The van der Waals surface area contributed by atoms with E-state index in [1.165, 1.54) is 0 Å². The number of hydrogen-bond donors (Lipinski definition) is 2. The number of carbonyl (C=O) groups is 1. The summed E-state index contributed by atoms with van der Waals surface area (Å²) in [6.07, 6.45) is 3.00. The lowest BCUT2D eigenvalue weighted by Gasteiger charge is -2.22. The summed E-state index contributed by atoms with van der Waals surface area (Å²) in [6.45, 7) is 0. The van der Waals surface area contributed by atoms with Crippen molar-refractivity contribution in [2.45, 2.75) is 19.3 Å². The van der Waals surface area contributed by atoms with E-state index >= 15 is 0 Å². The lowest BCUT2D eigenvalue weighted by Crippen LogP contribution is -2.31. The summed E-state index contributed by atoms with van der Waals surface area (Å²) in [5, 5.41) is 8.07. The first kappa shape index (κ1) is 5.56. The van der Waals surface area contributed by atoms with Crippen LogP contribution in [0.2, 0.25) is 0 Å². The molecule has 0 saturated heterocycles. The van der Waals surface area contributed by atoms with Gasteiger partial charge in [0.2, 0.25) is 5.91 Å². The van der Waals surface area contributed by atoms with Crippen LogP contribution in [0.1, 0.15) is 19.3 Å². The topological polar surface area (TPSA) is 49.3 Å². The largest absolute Gasteiger partial charge is 0.289 e. The third kappa shape index (κ3) is 0.816. The Morgan fingerprint density at radius 3 is 2.38 bits per heavy atom. The van der Waals surface area contributed by atoms with Crippen LogP contribution >= 0.6 is 0 Å². The van der Waals surface area contributed by atoms with Gasteiger partial charge in [-0.2, -0.15) is 0 Å². The lowest BCUT2D eigenvalue weighted by atomic mass is 9.85. The van der Waals surface area contributed by atoms with Gasteiger partial charge in [0, 0.05) is 5.92 Å². The van der Waals surface area contributed by atoms with Crippen LogP contribution in [0.25, 0.3) is 0 Å². The van der Waals surface area contributed by atoms with Crippen LogP contribution in [0.4, 0.5) is 0 Å². The van der Waals surface area contributed by atoms with Crippen molar-refractivity contribution < 1.29 is 10.0 Å². The Kier molecular flexibility index (Phi) is 1.48. The predicted octanol–water partition coefficient (Wildman–Crippen LogP) is 0.292. The Labute approximate surface area is 47.7 Å². The van der Waals surface area contributed by atoms with Gasteiger partial charge in [0.15, 0.2) is 0 Å². The van der Waals surface area contributed by atoms with E-state index < -0.39 is 0 Å². The van der Waals surface area contributed by atoms with Crippen molar-refractivity contribution in [3.63, 3.8) is 0 Å². The summed E-state index contributed by atoms with van der Waals surface area (Å²) in [4.78, 5) is 10.4. The Hall–Kier alpha value is -0.570. The summed E-state index contributed by atoms with van der Waals surface area (Å²) in [6, 6.07) is 0. The number of hydrogen-bond acceptors (Lipinski definition) is 2.